The van der Waals surface area contributed by atoms with Crippen LogP contribution in [0.5, 0.6) is 0 Å². The van der Waals surface area contributed by atoms with Crippen LogP contribution in [0.15, 0.2) is 0 Å². The van der Waals surface area contributed by atoms with Gasteiger partial charge in [-0.2, -0.15) is 25.3 Å². The van der Waals surface area contributed by atoms with E-state index in [-0.39, 0.29) is 12.5 Å². The number of rotatable bonds is 50. The zero-order valence-corrected chi connectivity index (χ0v) is 46.4. The number of aliphatic hydroxyl groups is 9. The molecule has 0 rings (SSSR count). The van der Waals surface area contributed by atoms with Crippen molar-refractivity contribution in [1.29, 1.82) is 0 Å². The van der Waals surface area contributed by atoms with E-state index in [0.29, 0.717) is 11.0 Å². The summed E-state index contributed by atoms with van der Waals surface area (Å²) in [4.78, 5) is 0. The van der Waals surface area contributed by atoms with Crippen LogP contribution in [0.2, 0.25) is 6.04 Å². The number of hydrogen-bond acceptors (Lipinski definition) is 21. The van der Waals surface area contributed by atoms with Crippen LogP contribution < -0.4 is 16.0 Å². The Hall–Kier alpha value is -0.693. The molecule has 434 valence electrons. The highest BCUT2D eigenvalue weighted by atomic mass is 32.2. The minimum atomic E-state index is -4.66. The number of unbranched alkanes of at least 4 members (excludes halogenated alkanes) is 14. The van der Waals surface area contributed by atoms with Crippen LogP contribution in [0.4, 0.5) is 0 Å². The van der Waals surface area contributed by atoms with Crippen LogP contribution >= 0.6 is 0 Å². The topological polar surface area (TPSA) is 409 Å². The molecule has 15 N–H and O–H groups in total. The third-order valence-corrected chi connectivity index (χ3v) is 17.6. The molecule has 0 aromatic rings. The van der Waals surface area contributed by atoms with Crippen molar-refractivity contribution in [2.45, 2.75) is 151 Å². The second kappa shape index (κ2) is 36.4. The Morgan fingerprint density at radius 2 is 0.694 bits per heavy atom. The molecule has 25 nitrogen and oxygen atoms in total. The summed E-state index contributed by atoms with van der Waals surface area (Å²) in [6.07, 6.45) is 13.2. The molecule has 0 aromatic heterocycles. The summed E-state index contributed by atoms with van der Waals surface area (Å²) in [5.41, 5.74) is -5.71. The highest BCUT2D eigenvalue weighted by Gasteiger charge is 2.49. The Morgan fingerprint density at radius 3 is 0.944 bits per heavy atom. The number of nitrogens with zero attached hydrogens (tertiary/aromatic N) is 1. The number of quaternary nitrogens is 1. The van der Waals surface area contributed by atoms with E-state index < -0.39 is 170 Å². The zero-order chi connectivity index (χ0) is 55.0. The summed E-state index contributed by atoms with van der Waals surface area (Å²) in [5.74, 6) is -3.34. The van der Waals surface area contributed by atoms with E-state index in [2.05, 4.69) is 22.9 Å². The first-order chi connectivity index (χ1) is 33.6. The summed E-state index contributed by atoms with van der Waals surface area (Å²) >= 11 is 0. The second-order valence-electron chi connectivity index (χ2n) is 20.1. The van der Waals surface area contributed by atoms with Gasteiger partial charge in [0.05, 0.1) is 122 Å². The van der Waals surface area contributed by atoms with Gasteiger partial charge in [-0.25, -0.2) is 0 Å². The molecule has 0 saturated carbocycles. The fourth-order valence-electron chi connectivity index (χ4n) is 7.65. The number of aliphatic hydroxyl groups excluding tert-OH is 9. The van der Waals surface area contributed by atoms with Crippen LogP contribution in [-0.4, -0.2) is 257 Å². The summed E-state index contributed by atoms with van der Waals surface area (Å²) < 4.78 is 116. The molecule has 0 heterocycles. The smallest absolute Gasteiger partial charge is 0.394 e. The van der Waals surface area contributed by atoms with Crippen LogP contribution in [0.1, 0.15) is 110 Å². The molecule has 0 aliphatic heterocycles. The van der Waals surface area contributed by atoms with Crippen molar-refractivity contribution in [2.75, 3.05) is 124 Å². The largest absolute Gasteiger partial charge is 0.501 e. The average Bonchev–Trinajstić information content (AvgIpc) is 3.29. The van der Waals surface area contributed by atoms with Crippen molar-refractivity contribution in [1.82, 2.24) is 16.0 Å². The Bertz CT molecular complexity index is 1570. The van der Waals surface area contributed by atoms with Gasteiger partial charge in [0.25, 0.3) is 30.4 Å². The minimum absolute atomic E-state index is 0.136. The average molecular weight is 1130 g/mol. The number of β-amino-alcohol motifs (C(OH)–C–C–N with tert-alkyl or cyclic N) is 3. The fraction of sp³-hybridized carbons (Fsp3) is 1.00. The molecular weight excluding hydrogens is 1030 g/mol. The lowest BCUT2D eigenvalue weighted by Crippen LogP contribution is -2.64. The Balaban J connectivity index is 6.69. The van der Waals surface area contributed by atoms with Crippen molar-refractivity contribution >= 4 is 39.2 Å². The van der Waals surface area contributed by atoms with Crippen molar-refractivity contribution in [2.24, 2.45) is 0 Å². The minimum Gasteiger partial charge on any atom is -0.394 e. The van der Waals surface area contributed by atoms with Gasteiger partial charge in [-0.3, -0.25) is 13.7 Å². The maximum Gasteiger partial charge on any atom is 0.501 e. The Kier molecular flexibility index (Phi) is 36.1. The monoisotopic (exact) mass is 1130 g/mol. The second-order valence-corrected chi connectivity index (χ2v) is 27.3. The molecule has 3 unspecified atom stereocenters. The van der Waals surface area contributed by atoms with Gasteiger partial charge in [-0.15, -0.1) is 0 Å². The zero-order valence-electron chi connectivity index (χ0n) is 43.0. The highest BCUT2D eigenvalue weighted by molar-refractivity contribution is 7.86. The first-order valence-corrected chi connectivity index (χ1v) is 31.9. The molecule has 3 atom stereocenters. The van der Waals surface area contributed by atoms with Gasteiger partial charge < -0.3 is 79.7 Å². The molecule has 0 aromatic carbocycles. The number of hydrogen-bond donors (Lipinski definition) is 15. The van der Waals surface area contributed by atoms with E-state index in [1.54, 1.807) is 0 Å². The summed E-state index contributed by atoms with van der Waals surface area (Å²) in [5, 5.41) is 102. The maximum atomic E-state index is 11.4. The fourth-order valence-corrected chi connectivity index (χ4v) is 12.2. The molecular formula is C43H95N4O21S3Si+. The van der Waals surface area contributed by atoms with Gasteiger partial charge in [0.15, 0.2) is 0 Å². The lowest BCUT2D eigenvalue weighted by Gasteiger charge is -2.41. The van der Waals surface area contributed by atoms with Crippen LogP contribution in [0.3, 0.4) is 0 Å². The van der Waals surface area contributed by atoms with Gasteiger partial charge in [-0.1, -0.05) is 90.4 Å². The van der Waals surface area contributed by atoms with Crippen molar-refractivity contribution in [3.63, 3.8) is 0 Å². The highest BCUT2D eigenvalue weighted by Crippen LogP contribution is 2.26. The third-order valence-electron chi connectivity index (χ3n) is 12.5. The van der Waals surface area contributed by atoms with Crippen LogP contribution in [0.25, 0.3) is 0 Å². The normalized spacial score (nSPS) is 15.7. The van der Waals surface area contributed by atoms with Crippen molar-refractivity contribution in [3.05, 3.63) is 0 Å². The Morgan fingerprint density at radius 1 is 0.444 bits per heavy atom. The summed E-state index contributed by atoms with van der Waals surface area (Å²) in [7, 11) is -14.5. The molecule has 0 amide bonds. The molecule has 29 heteroatoms. The molecule has 0 saturated heterocycles. The lowest BCUT2D eigenvalue weighted by molar-refractivity contribution is -0.890. The summed E-state index contributed by atoms with van der Waals surface area (Å²) in [6.45, 7) is -6.16. The van der Waals surface area contributed by atoms with Gasteiger partial charge in [-0.05, 0) is 12.8 Å². The predicted molar refractivity (Wildman–Crippen MR) is 272 cm³/mol. The Labute approximate surface area is 430 Å². The first-order valence-electron chi connectivity index (χ1n) is 25.1. The van der Waals surface area contributed by atoms with Crippen LogP contribution in [0, 0.1) is 0 Å². The lowest BCUT2D eigenvalue weighted by atomic mass is 10.0. The van der Waals surface area contributed by atoms with Crippen LogP contribution in [-0.2, 0) is 43.6 Å². The SMILES string of the molecule is CCCCCCCCCCCCCCCCC[N+](C)(C)CCC[Si](OCC(CO)(CO)NCC(O)CS(=O)(=O)O)(OCC(CO)(CO)NCC(O)CS(=O)(=O)O)OCC(CO)(CO)NCC(O)CS(=O)(=O)O. The van der Waals surface area contributed by atoms with Crippen molar-refractivity contribution < 1.29 is 103 Å². The molecule has 72 heavy (non-hydrogen) atoms. The standard InChI is InChI=1S/C43H94N4O21S3Si/c1-4-5-6-7-8-9-10-11-12-13-14-15-16-17-18-20-47(2,3)21-19-22-72(66-35-41(29-48,30-49)44-23-38(54)26-69(57,58)59,67-36-42(31-50,32-51)45-24-39(55)27-70(60,61)62)68-37-43(33-52,34-53)46-25-40(56)28-71(63,64)65/h38-40,44-46,48-56H,4-37H2,1-3H3,(H2-,57,58,59,60,61,62,63,64,65)/p+1. The predicted octanol–water partition coefficient (Wildman–Crippen LogP) is -2.00. The molecule has 0 radical (unpaired) electrons. The molecule has 0 bridgehead atoms. The van der Waals surface area contributed by atoms with Gasteiger partial charge in [0.1, 0.15) is 17.3 Å². The molecule has 0 aliphatic rings. The molecule has 0 fully saturated rings. The van der Waals surface area contributed by atoms with E-state index in [4.69, 9.17) is 13.3 Å². The van der Waals surface area contributed by atoms with Gasteiger partial charge >= 0.3 is 8.80 Å². The van der Waals surface area contributed by atoms with E-state index in [9.17, 15) is 84.9 Å². The quantitative estimate of drug-likeness (QED) is 0.0136. The van der Waals surface area contributed by atoms with Gasteiger partial charge in [0.2, 0.25) is 0 Å². The van der Waals surface area contributed by atoms with E-state index in [0.717, 1.165) is 32.2 Å². The van der Waals surface area contributed by atoms with E-state index in [1.165, 1.54) is 70.6 Å². The molecule has 0 aliphatic carbocycles. The van der Waals surface area contributed by atoms with Crippen molar-refractivity contribution in [3.8, 4) is 0 Å². The number of nitrogens with one attached hydrogen (secondary N) is 3. The summed E-state index contributed by atoms with van der Waals surface area (Å²) in [6, 6.07) is -0.136. The van der Waals surface area contributed by atoms with E-state index >= 15 is 0 Å². The van der Waals surface area contributed by atoms with Gasteiger partial charge in [0, 0.05) is 32.1 Å². The third kappa shape index (κ3) is 34.2. The maximum absolute atomic E-state index is 11.4. The van der Waals surface area contributed by atoms with E-state index in [1.807, 2.05) is 14.1 Å². The molecule has 0 spiro atoms. The first kappa shape index (κ1) is 71.3.